The van der Waals surface area contributed by atoms with Crippen LogP contribution in [0.2, 0.25) is 0 Å². The predicted molar refractivity (Wildman–Crippen MR) is 56.6 cm³/mol. The summed E-state index contributed by atoms with van der Waals surface area (Å²) in [5.41, 5.74) is 0.297. The van der Waals surface area contributed by atoms with Crippen molar-refractivity contribution in [3.05, 3.63) is 30.1 Å². The fraction of sp³-hybridized carbons (Fsp3) is 0.182. The van der Waals surface area contributed by atoms with Gasteiger partial charge in [-0.15, -0.1) is 12.3 Å². The molecule has 0 aliphatic rings. The minimum atomic E-state index is -1.16. The SMILES string of the molecule is C#CC[C@@H](NC(=O)c1cccnc1)C(=O)O. The fourth-order valence-electron chi connectivity index (χ4n) is 1.06. The van der Waals surface area contributed by atoms with Gasteiger partial charge in [0.15, 0.2) is 0 Å². The molecule has 0 aromatic carbocycles. The summed E-state index contributed by atoms with van der Waals surface area (Å²) in [5.74, 6) is 0.534. The number of nitrogens with one attached hydrogen (secondary N) is 1. The number of amides is 1. The molecule has 0 saturated carbocycles. The monoisotopic (exact) mass is 218 g/mol. The summed E-state index contributed by atoms with van der Waals surface area (Å²) in [5, 5.41) is 11.1. The van der Waals surface area contributed by atoms with Crippen molar-refractivity contribution in [2.75, 3.05) is 0 Å². The minimum absolute atomic E-state index is 0.0542. The van der Waals surface area contributed by atoms with Crippen LogP contribution in [0.3, 0.4) is 0 Å². The lowest BCUT2D eigenvalue weighted by Crippen LogP contribution is -2.40. The average molecular weight is 218 g/mol. The van der Waals surface area contributed by atoms with E-state index in [4.69, 9.17) is 11.5 Å². The average Bonchev–Trinajstić information content (AvgIpc) is 2.29. The second-order valence-electron chi connectivity index (χ2n) is 3.01. The summed E-state index contributed by atoms with van der Waals surface area (Å²) >= 11 is 0. The normalized spacial score (nSPS) is 11.2. The summed E-state index contributed by atoms with van der Waals surface area (Å²) in [4.78, 5) is 26.0. The molecule has 1 heterocycles. The van der Waals surface area contributed by atoms with Gasteiger partial charge in [0.1, 0.15) is 6.04 Å². The molecule has 1 rings (SSSR count). The van der Waals surface area contributed by atoms with Crippen molar-refractivity contribution < 1.29 is 14.7 Å². The Hall–Kier alpha value is -2.35. The summed E-state index contributed by atoms with van der Waals surface area (Å²) in [7, 11) is 0. The molecule has 0 aliphatic heterocycles. The van der Waals surface area contributed by atoms with Crippen LogP contribution >= 0.6 is 0 Å². The Bertz CT molecular complexity index is 423. The highest BCUT2D eigenvalue weighted by molar-refractivity contribution is 5.96. The van der Waals surface area contributed by atoms with Crippen LogP contribution in [0, 0.1) is 12.3 Å². The van der Waals surface area contributed by atoms with Gasteiger partial charge in [-0.05, 0) is 12.1 Å². The zero-order valence-electron chi connectivity index (χ0n) is 8.38. The van der Waals surface area contributed by atoms with Crippen LogP contribution in [0.15, 0.2) is 24.5 Å². The van der Waals surface area contributed by atoms with Gasteiger partial charge < -0.3 is 10.4 Å². The Kier molecular flexibility index (Phi) is 4.04. The quantitative estimate of drug-likeness (QED) is 0.712. The molecule has 82 valence electrons. The van der Waals surface area contributed by atoms with Crippen LogP contribution in [-0.2, 0) is 4.79 Å². The van der Waals surface area contributed by atoms with Gasteiger partial charge in [-0.2, -0.15) is 0 Å². The maximum atomic E-state index is 11.6. The number of carbonyl (C=O) groups excluding carboxylic acids is 1. The van der Waals surface area contributed by atoms with Crippen molar-refractivity contribution in [2.24, 2.45) is 0 Å². The molecule has 0 bridgehead atoms. The van der Waals surface area contributed by atoms with Gasteiger partial charge in [0.25, 0.3) is 5.91 Å². The molecule has 0 unspecified atom stereocenters. The lowest BCUT2D eigenvalue weighted by Gasteiger charge is -2.11. The Morgan fingerprint density at radius 2 is 2.38 bits per heavy atom. The van der Waals surface area contributed by atoms with Crippen LogP contribution in [0.25, 0.3) is 0 Å². The standard InChI is InChI=1S/C11H10N2O3/c1-2-4-9(11(15)16)13-10(14)8-5-3-6-12-7-8/h1,3,5-7,9H,4H2,(H,13,14)(H,15,16)/t9-/m1/s1. The van der Waals surface area contributed by atoms with Crippen LogP contribution < -0.4 is 5.32 Å². The number of aromatic nitrogens is 1. The number of nitrogens with zero attached hydrogens (tertiary/aromatic N) is 1. The second kappa shape index (κ2) is 5.51. The van der Waals surface area contributed by atoms with Gasteiger partial charge in [0, 0.05) is 18.8 Å². The highest BCUT2D eigenvalue weighted by atomic mass is 16.4. The predicted octanol–water partition coefficient (Wildman–Crippen LogP) is 0.288. The molecule has 5 nitrogen and oxygen atoms in total. The van der Waals surface area contributed by atoms with Crippen molar-refractivity contribution >= 4 is 11.9 Å². The molecule has 5 heteroatoms. The van der Waals surface area contributed by atoms with Gasteiger partial charge in [-0.25, -0.2) is 4.79 Å². The zero-order valence-corrected chi connectivity index (χ0v) is 8.38. The third-order valence-corrected chi connectivity index (χ3v) is 1.85. The maximum absolute atomic E-state index is 11.6. The highest BCUT2D eigenvalue weighted by Crippen LogP contribution is 1.98. The zero-order chi connectivity index (χ0) is 12.0. The van der Waals surface area contributed by atoms with E-state index in [2.05, 4.69) is 16.2 Å². The first-order valence-electron chi connectivity index (χ1n) is 4.52. The van der Waals surface area contributed by atoms with E-state index in [1.54, 1.807) is 6.07 Å². The number of hydrogen-bond acceptors (Lipinski definition) is 3. The fourth-order valence-corrected chi connectivity index (χ4v) is 1.06. The van der Waals surface area contributed by atoms with Crippen molar-refractivity contribution in [3.63, 3.8) is 0 Å². The molecule has 16 heavy (non-hydrogen) atoms. The van der Waals surface area contributed by atoms with Gasteiger partial charge in [0.05, 0.1) is 5.56 Å². The van der Waals surface area contributed by atoms with Crippen LogP contribution in [0.5, 0.6) is 0 Å². The van der Waals surface area contributed by atoms with Crippen LogP contribution in [0.4, 0.5) is 0 Å². The molecule has 1 aromatic heterocycles. The number of terminal acetylenes is 1. The molecule has 0 aliphatic carbocycles. The Labute approximate surface area is 92.5 Å². The molecule has 1 aromatic rings. The number of rotatable bonds is 4. The number of carbonyl (C=O) groups is 2. The van der Waals surface area contributed by atoms with E-state index < -0.39 is 17.9 Å². The first kappa shape index (κ1) is 11.7. The number of carboxylic acid groups (broad SMARTS) is 1. The smallest absolute Gasteiger partial charge is 0.327 e. The van der Waals surface area contributed by atoms with Crippen LogP contribution in [-0.4, -0.2) is 28.0 Å². The van der Waals surface area contributed by atoms with E-state index in [-0.39, 0.29) is 6.42 Å². The Balaban J connectivity index is 2.70. The third-order valence-electron chi connectivity index (χ3n) is 1.85. The molecule has 0 saturated heterocycles. The maximum Gasteiger partial charge on any atom is 0.327 e. The van der Waals surface area contributed by atoms with E-state index in [9.17, 15) is 9.59 Å². The number of hydrogen-bond donors (Lipinski definition) is 2. The molecular weight excluding hydrogens is 208 g/mol. The molecule has 2 N–H and O–H groups in total. The lowest BCUT2D eigenvalue weighted by atomic mass is 10.2. The van der Waals surface area contributed by atoms with Gasteiger partial charge in [0.2, 0.25) is 0 Å². The van der Waals surface area contributed by atoms with E-state index in [0.29, 0.717) is 5.56 Å². The molecule has 1 amide bonds. The lowest BCUT2D eigenvalue weighted by molar-refractivity contribution is -0.139. The molecule has 0 spiro atoms. The third kappa shape index (κ3) is 3.10. The first-order valence-corrected chi connectivity index (χ1v) is 4.52. The van der Waals surface area contributed by atoms with E-state index in [0.717, 1.165) is 0 Å². The number of carboxylic acids is 1. The van der Waals surface area contributed by atoms with E-state index in [1.165, 1.54) is 18.5 Å². The van der Waals surface area contributed by atoms with Crippen molar-refractivity contribution in [2.45, 2.75) is 12.5 Å². The molecule has 0 radical (unpaired) electrons. The van der Waals surface area contributed by atoms with Crippen molar-refractivity contribution in [1.29, 1.82) is 0 Å². The second-order valence-corrected chi connectivity index (χ2v) is 3.01. The Morgan fingerprint density at radius 1 is 1.62 bits per heavy atom. The molecule has 1 atom stereocenters. The first-order chi connectivity index (χ1) is 7.65. The summed E-state index contributed by atoms with van der Waals surface area (Å²) in [6, 6.07) is 2.06. The van der Waals surface area contributed by atoms with Gasteiger partial charge >= 0.3 is 5.97 Å². The van der Waals surface area contributed by atoms with E-state index >= 15 is 0 Å². The number of aliphatic carboxylic acids is 1. The molecule has 0 fully saturated rings. The largest absolute Gasteiger partial charge is 0.480 e. The van der Waals surface area contributed by atoms with Crippen molar-refractivity contribution in [3.8, 4) is 12.3 Å². The topological polar surface area (TPSA) is 79.3 Å². The summed E-state index contributed by atoms with van der Waals surface area (Å²) in [6.45, 7) is 0. The minimum Gasteiger partial charge on any atom is -0.480 e. The van der Waals surface area contributed by atoms with Gasteiger partial charge in [-0.3, -0.25) is 9.78 Å². The van der Waals surface area contributed by atoms with Crippen molar-refractivity contribution in [1.82, 2.24) is 10.3 Å². The number of pyridine rings is 1. The Morgan fingerprint density at radius 3 is 2.88 bits per heavy atom. The van der Waals surface area contributed by atoms with E-state index in [1.807, 2.05) is 0 Å². The van der Waals surface area contributed by atoms with Crippen LogP contribution in [0.1, 0.15) is 16.8 Å². The van der Waals surface area contributed by atoms with Gasteiger partial charge in [-0.1, -0.05) is 0 Å². The highest BCUT2D eigenvalue weighted by Gasteiger charge is 2.19. The summed E-state index contributed by atoms with van der Waals surface area (Å²) in [6.07, 6.45) is 7.82. The summed E-state index contributed by atoms with van der Waals surface area (Å²) < 4.78 is 0. The molecular formula is C11H10N2O3.